The van der Waals surface area contributed by atoms with Crippen LogP contribution in [0.2, 0.25) is 0 Å². The average molecular weight is 255 g/mol. The largest absolute Gasteiger partial charge is 0.460 e. The Labute approximate surface area is 102 Å². The van der Waals surface area contributed by atoms with E-state index in [1.807, 2.05) is 6.92 Å². The van der Waals surface area contributed by atoms with E-state index in [9.17, 15) is 13.2 Å². The van der Waals surface area contributed by atoms with Crippen molar-refractivity contribution in [3.8, 4) is 11.3 Å². The lowest BCUT2D eigenvalue weighted by atomic mass is 10.1. The first-order valence-corrected chi connectivity index (χ1v) is 5.56. The van der Waals surface area contributed by atoms with Gasteiger partial charge in [0.05, 0.1) is 12.1 Å². The third-order valence-electron chi connectivity index (χ3n) is 2.47. The van der Waals surface area contributed by atoms with E-state index in [-0.39, 0.29) is 11.3 Å². The van der Waals surface area contributed by atoms with Crippen LogP contribution in [0.1, 0.15) is 12.7 Å². The van der Waals surface area contributed by atoms with Crippen LogP contribution < -0.4 is 5.32 Å². The van der Waals surface area contributed by atoms with Gasteiger partial charge in [0.15, 0.2) is 11.6 Å². The Morgan fingerprint density at radius 3 is 2.67 bits per heavy atom. The van der Waals surface area contributed by atoms with E-state index in [0.29, 0.717) is 18.4 Å². The molecule has 0 saturated carbocycles. The Morgan fingerprint density at radius 2 is 1.94 bits per heavy atom. The first-order valence-electron chi connectivity index (χ1n) is 5.56. The number of halogens is 3. The second kappa shape index (κ2) is 5.27. The summed E-state index contributed by atoms with van der Waals surface area (Å²) < 4.78 is 44.9. The molecule has 1 aromatic heterocycles. The molecular weight excluding hydrogens is 243 g/mol. The van der Waals surface area contributed by atoms with E-state index in [2.05, 4.69) is 5.32 Å². The van der Waals surface area contributed by atoms with Gasteiger partial charge >= 0.3 is 0 Å². The maximum Gasteiger partial charge on any atom is 0.169 e. The summed E-state index contributed by atoms with van der Waals surface area (Å²) in [5.74, 6) is -2.49. The summed E-state index contributed by atoms with van der Waals surface area (Å²) in [6.45, 7) is 3.18. The van der Waals surface area contributed by atoms with Gasteiger partial charge in [-0.05, 0) is 24.7 Å². The zero-order chi connectivity index (χ0) is 13.1. The highest BCUT2D eigenvalue weighted by atomic mass is 19.2. The molecule has 0 saturated heterocycles. The van der Waals surface area contributed by atoms with Gasteiger partial charge < -0.3 is 9.73 Å². The molecule has 0 aliphatic carbocycles. The van der Waals surface area contributed by atoms with E-state index in [4.69, 9.17) is 4.42 Å². The highest BCUT2D eigenvalue weighted by Crippen LogP contribution is 2.27. The number of rotatable bonds is 4. The number of hydrogen-bond donors (Lipinski definition) is 1. The van der Waals surface area contributed by atoms with Crippen LogP contribution in [0, 0.1) is 17.5 Å². The van der Waals surface area contributed by atoms with Crippen LogP contribution in [-0.4, -0.2) is 6.54 Å². The Balaban J connectivity index is 2.34. The molecule has 0 fully saturated rings. The molecule has 2 rings (SSSR count). The van der Waals surface area contributed by atoms with Crippen molar-refractivity contribution in [1.82, 2.24) is 5.32 Å². The molecule has 96 valence electrons. The smallest absolute Gasteiger partial charge is 0.169 e. The van der Waals surface area contributed by atoms with Crippen molar-refractivity contribution in [2.75, 3.05) is 6.54 Å². The summed E-state index contributed by atoms with van der Waals surface area (Å²) in [5.41, 5.74) is -0.213. The lowest BCUT2D eigenvalue weighted by Crippen LogP contribution is -2.10. The number of furan rings is 1. The Hall–Kier alpha value is -1.75. The summed E-state index contributed by atoms with van der Waals surface area (Å²) in [4.78, 5) is 0. The van der Waals surface area contributed by atoms with E-state index >= 15 is 0 Å². The molecule has 0 aliphatic heterocycles. The molecule has 0 aliphatic rings. The third-order valence-corrected chi connectivity index (χ3v) is 2.47. The Morgan fingerprint density at radius 1 is 1.17 bits per heavy atom. The lowest BCUT2D eigenvalue weighted by Gasteiger charge is -2.02. The van der Waals surface area contributed by atoms with Gasteiger partial charge in [-0.2, -0.15) is 0 Å². The van der Waals surface area contributed by atoms with Crippen LogP contribution in [0.3, 0.4) is 0 Å². The molecule has 2 aromatic rings. The van der Waals surface area contributed by atoms with Crippen molar-refractivity contribution in [1.29, 1.82) is 0 Å². The van der Waals surface area contributed by atoms with Crippen LogP contribution in [-0.2, 0) is 6.54 Å². The molecule has 1 aromatic carbocycles. The van der Waals surface area contributed by atoms with Crippen LogP contribution in [0.5, 0.6) is 0 Å². The van der Waals surface area contributed by atoms with Gasteiger partial charge in [-0.15, -0.1) is 0 Å². The van der Waals surface area contributed by atoms with Crippen molar-refractivity contribution in [3.63, 3.8) is 0 Å². The van der Waals surface area contributed by atoms with Crippen LogP contribution in [0.4, 0.5) is 13.2 Å². The summed E-state index contributed by atoms with van der Waals surface area (Å²) >= 11 is 0. The van der Waals surface area contributed by atoms with Crippen LogP contribution in [0.15, 0.2) is 28.7 Å². The quantitative estimate of drug-likeness (QED) is 0.846. The van der Waals surface area contributed by atoms with Gasteiger partial charge in [-0.3, -0.25) is 0 Å². The first-order chi connectivity index (χ1) is 8.61. The summed E-state index contributed by atoms with van der Waals surface area (Å²) in [5, 5.41) is 3.03. The first kappa shape index (κ1) is 12.7. The minimum Gasteiger partial charge on any atom is -0.460 e. The van der Waals surface area contributed by atoms with Crippen molar-refractivity contribution in [2.24, 2.45) is 0 Å². The minimum absolute atomic E-state index is 0.110. The van der Waals surface area contributed by atoms with E-state index in [1.54, 1.807) is 6.07 Å². The standard InChI is InChI=1S/C13H12F3NO/c1-2-17-7-9-3-4-12(18-9)10-5-8(14)6-11(15)13(10)16/h3-6,17H,2,7H2,1H3. The van der Waals surface area contributed by atoms with Gasteiger partial charge in [0.25, 0.3) is 0 Å². The van der Waals surface area contributed by atoms with Crippen LogP contribution in [0.25, 0.3) is 11.3 Å². The zero-order valence-corrected chi connectivity index (χ0v) is 9.77. The van der Waals surface area contributed by atoms with Crippen molar-refractivity contribution in [2.45, 2.75) is 13.5 Å². The summed E-state index contributed by atoms with van der Waals surface area (Å²) in [6.07, 6.45) is 0. The van der Waals surface area contributed by atoms with Crippen LogP contribution >= 0.6 is 0 Å². The molecule has 5 heteroatoms. The number of nitrogens with one attached hydrogen (secondary N) is 1. The predicted octanol–water partition coefficient (Wildman–Crippen LogP) is 3.47. The second-order valence-corrected chi connectivity index (χ2v) is 3.80. The maximum absolute atomic E-state index is 13.5. The fourth-order valence-corrected chi connectivity index (χ4v) is 1.60. The van der Waals surface area contributed by atoms with E-state index < -0.39 is 17.5 Å². The fraction of sp³-hybridized carbons (Fsp3) is 0.231. The molecule has 18 heavy (non-hydrogen) atoms. The SMILES string of the molecule is CCNCc1ccc(-c2cc(F)cc(F)c2F)o1. The number of benzene rings is 1. The highest BCUT2D eigenvalue weighted by Gasteiger charge is 2.15. The normalized spacial score (nSPS) is 10.9. The second-order valence-electron chi connectivity index (χ2n) is 3.80. The highest BCUT2D eigenvalue weighted by molar-refractivity contribution is 5.58. The van der Waals surface area contributed by atoms with Crippen molar-refractivity contribution >= 4 is 0 Å². The monoisotopic (exact) mass is 255 g/mol. The van der Waals surface area contributed by atoms with Gasteiger partial charge in [-0.25, -0.2) is 13.2 Å². The van der Waals surface area contributed by atoms with Gasteiger partial charge in [0.1, 0.15) is 17.3 Å². The summed E-state index contributed by atoms with van der Waals surface area (Å²) in [6, 6.07) is 4.54. The fourth-order valence-electron chi connectivity index (χ4n) is 1.60. The Kier molecular flexibility index (Phi) is 3.72. The molecule has 0 bridgehead atoms. The summed E-state index contributed by atoms with van der Waals surface area (Å²) in [7, 11) is 0. The zero-order valence-electron chi connectivity index (χ0n) is 9.77. The van der Waals surface area contributed by atoms with Crippen molar-refractivity contribution in [3.05, 3.63) is 47.5 Å². The molecule has 0 radical (unpaired) electrons. The lowest BCUT2D eigenvalue weighted by molar-refractivity contribution is 0.477. The molecule has 0 amide bonds. The van der Waals surface area contributed by atoms with E-state index in [0.717, 1.165) is 12.6 Å². The topological polar surface area (TPSA) is 25.2 Å². The molecule has 0 spiro atoms. The Bertz CT molecular complexity index is 551. The molecule has 0 unspecified atom stereocenters. The van der Waals surface area contributed by atoms with E-state index in [1.165, 1.54) is 6.07 Å². The third kappa shape index (κ3) is 2.56. The minimum atomic E-state index is -1.23. The van der Waals surface area contributed by atoms with Gasteiger partial charge in [0.2, 0.25) is 0 Å². The molecule has 0 atom stereocenters. The molecular formula is C13H12F3NO. The van der Waals surface area contributed by atoms with Gasteiger partial charge in [-0.1, -0.05) is 6.92 Å². The molecule has 2 nitrogen and oxygen atoms in total. The average Bonchev–Trinajstić information content (AvgIpc) is 2.79. The number of hydrogen-bond acceptors (Lipinski definition) is 2. The maximum atomic E-state index is 13.5. The van der Waals surface area contributed by atoms with Crippen molar-refractivity contribution < 1.29 is 17.6 Å². The molecule has 1 N–H and O–H groups in total. The molecule has 1 heterocycles. The van der Waals surface area contributed by atoms with Gasteiger partial charge in [0, 0.05) is 6.07 Å². The predicted molar refractivity (Wildman–Crippen MR) is 61.4 cm³/mol.